The van der Waals surface area contributed by atoms with Gasteiger partial charge >= 0.3 is 0 Å². The summed E-state index contributed by atoms with van der Waals surface area (Å²) in [5.74, 6) is 0.695. The van der Waals surface area contributed by atoms with E-state index in [1.165, 1.54) is 0 Å². The Morgan fingerprint density at radius 2 is 1.96 bits per heavy atom. The molecule has 1 aliphatic rings. The molecular formula is C22H26N2O3. The summed E-state index contributed by atoms with van der Waals surface area (Å²) in [5, 5.41) is 2.89. The Labute approximate surface area is 160 Å². The molecule has 0 spiro atoms. The van der Waals surface area contributed by atoms with E-state index in [-0.39, 0.29) is 18.4 Å². The summed E-state index contributed by atoms with van der Waals surface area (Å²) in [7, 11) is 0. The van der Waals surface area contributed by atoms with Crippen LogP contribution in [0.4, 0.5) is 11.4 Å². The van der Waals surface area contributed by atoms with E-state index in [0.717, 1.165) is 46.8 Å². The molecule has 1 heterocycles. The minimum Gasteiger partial charge on any atom is -0.483 e. The van der Waals surface area contributed by atoms with Gasteiger partial charge in [0, 0.05) is 24.3 Å². The van der Waals surface area contributed by atoms with Crippen LogP contribution in [0, 0.1) is 13.8 Å². The van der Waals surface area contributed by atoms with Gasteiger partial charge in [0.2, 0.25) is 5.91 Å². The first-order valence-corrected chi connectivity index (χ1v) is 9.41. The van der Waals surface area contributed by atoms with Gasteiger partial charge in [0.05, 0.1) is 0 Å². The molecule has 0 bridgehead atoms. The molecule has 0 saturated carbocycles. The van der Waals surface area contributed by atoms with Crippen LogP contribution in [0.25, 0.3) is 0 Å². The molecule has 1 aliphatic heterocycles. The van der Waals surface area contributed by atoms with E-state index in [4.69, 9.17) is 4.74 Å². The Kier molecular flexibility index (Phi) is 5.79. The molecule has 0 saturated heterocycles. The van der Waals surface area contributed by atoms with Crippen molar-refractivity contribution < 1.29 is 14.3 Å². The van der Waals surface area contributed by atoms with Crippen molar-refractivity contribution >= 4 is 23.2 Å². The first kappa shape index (κ1) is 19.0. The summed E-state index contributed by atoms with van der Waals surface area (Å²) in [6.07, 6.45) is 2.14. The lowest BCUT2D eigenvalue weighted by Gasteiger charge is -2.29. The van der Waals surface area contributed by atoms with Crippen LogP contribution in [0.5, 0.6) is 5.75 Å². The number of aryl methyl sites for hydroxylation is 3. The highest BCUT2D eigenvalue weighted by Gasteiger charge is 2.23. The zero-order chi connectivity index (χ0) is 19.4. The standard InChI is InChI=1S/C22H26N2O3/c1-4-11-24-19-9-8-18(13-17(19)7-10-22(24)26)23-21(25)14-27-20-12-15(2)5-6-16(20)3/h5-6,8-9,12-13H,4,7,10-11,14H2,1-3H3,(H,23,25). The zero-order valence-corrected chi connectivity index (χ0v) is 16.2. The van der Waals surface area contributed by atoms with Gasteiger partial charge in [-0.2, -0.15) is 0 Å². The van der Waals surface area contributed by atoms with Crippen molar-refractivity contribution in [2.75, 3.05) is 23.4 Å². The van der Waals surface area contributed by atoms with E-state index in [0.29, 0.717) is 12.8 Å². The number of hydrogen-bond acceptors (Lipinski definition) is 3. The number of carbonyl (C=O) groups is 2. The second kappa shape index (κ2) is 8.25. The van der Waals surface area contributed by atoms with Gasteiger partial charge in [-0.05, 0) is 67.6 Å². The molecule has 5 nitrogen and oxygen atoms in total. The Morgan fingerprint density at radius 3 is 2.74 bits per heavy atom. The van der Waals surface area contributed by atoms with Crippen molar-refractivity contribution in [3.05, 3.63) is 53.1 Å². The minimum absolute atomic E-state index is 0.0399. The fraction of sp³-hybridized carbons (Fsp3) is 0.364. The number of carbonyl (C=O) groups excluding carboxylic acids is 2. The topological polar surface area (TPSA) is 58.6 Å². The van der Waals surface area contributed by atoms with Gasteiger partial charge in [-0.25, -0.2) is 0 Å². The number of benzene rings is 2. The van der Waals surface area contributed by atoms with Crippen LogP contribution in [0.15, 0.2) is 36.4 Å². The van der Waals surface area contributed by atoms with Crippen molar-refractivity contribution in [1.82, 2.24) is 0 Å². The molecule has 2 amide bonds. The Bertz CT molecular complexity index is 861. The van der Waals surface area contributed by atoms with E-state index in [1.807, 2.05) is 55.1 Å². The molecule has 2 aromatic carbocycles. The first-order valence-electron chi connectivity index (χ1n) is 9.41. The molecule has 142 valence electrons. The van der Waals surface area contributed by atoms with E-state index in [9.17, 15) is 9.59 Å². The van der Waals surface area contributed by atoms with Crippen LogP contribution in [-0.4, -0.2) is 25.0 Å². The van der Waals surface area contributed by atoms with Crippen molar-refractivity contribution in [3.63, 3.8) is 0 Å². The fourth-order valence-corrected chi connectivity index (χ4v) is 3.31. The molecule has 5 heteroatoms. The number of nitrogens with zero attached hydrogens (tertiary/aromatic N) is 1. The average Bonchev–Trinajstić information content (AvgIpc) is 2.65. The molecule has 0 unspecified atom stereocenters. The average molecular weight is 366 g/mol. The zero-order valence-electron chi connectivity index (χ0n) is 16.2. The minimum atomic E-state index is -0.201. The second-order valence-corrected chi connectivity index (χ2v) is 6.99. The normalized spacial score (nSPS) is 13.3. The molecule has 0 radical (unpaired) electrons. The summed E-state index contributed by atoms with van der Waals surface area (Å²) in [6.45, 7) is 6.70. The predicted octanol–water partition coefficient (Wildman–Crippen LogP) is 4.01. The SMILES string of the molecule is CCCN1C(=O)CCc2cc(NC(=O)COc3cc(C)ccc3C)ccc21. The third-order valence-corrected chi connectivity index (χ3v) is 4.71. The number of fused-ring (bicyclic) bond motifs is 1. The molecule has 1 N–H and O–H groups in total. The van der Waals surface area contributed by atoms with Gasteiger partial charge in [0.25, 0.3) is 5.91 Å². The maximum Gasteiger partial charge on any atom is 0.262 e. The number of rotatable bonds is 6. The van der Waals surface area contributed by atoms with Crippen LogP contribution in [0.3, 0.4) is 0 Å². The number of anilines is 2. The molecule has 3 rings (SSSR count). The van der Waals surface area contributed by atoms with Gasteiger partial charge in [-0.15, -0.1) is 0 Å². The Balaban J connectivity index is 1.65. The first-order chi connectivity index (χ1) is 13.0. The number of hydrogen-bond donors (Lipinski definition) is 1. The third kappa shape index (κ3) is 4.48. The summed E-state index contributed by atoms with van der Waals surface area (Å²) < 4.78 is 5.66. The predicted molar refractivity (Wildman–Crippen MR) is 107 cm³/mol. The second-order valence-electron chi connectivity index (χ2n) is 6.99. The van der Waals surface area contributed by atoms with E-state index >= 15 is 0 Å². The van der Waals surface area contributed by atoms with E-state index in [2.05, 4.69) is 12.2 Å². The van der Waals surface area contributed by atoms with Gasteiger partial charge < -0.3 is 15.0 Å². The van der Waals surface area contributed by atoms with Gasteiger partial charge in [-0.1, -0.05) is 19.1 Å². The Hall–Kier alpha value is -2.82. The highest BCUT2D eigenvalue weighted by atomic mass is 16.5. The molecule has 0 aromatic heterocycles. The molecule has 0 atom stereocenters. The van der Waals surface area contributed by atoms with Crippen LogP contribution in [0.2, 0.25) is 0 Å². The van der Waals surface area contributed by atoms with Crippen LogP contribution >= 0.6 is 0 Å². The molecular weight excluding hydrogens is 340 g/mol. The molecule has 0 fully saturated rings. The quantitative estimate of drug-likeness (QED) is 0.840. The lowest BCUT2D eigenvalue weighted by molar-refractivity contribution is -0.119. The summed E-state index contributed by atoms with van der Waals surface area (Å²) in [6, 6.07) is 11.7. The van der Waals surface area contributed by atoms with Crippen molar-refractivity contribution in [2.45, 2.75) is 40.0 Å². The number of ether oxygens (including phenoxy) is 1. The van der Waals surface area contributed by atoms with Crippen LogP contribution in [0.1, 0.15) is 36.5 Å². The van der Waals surface area contributed by atoms with Crippen LogP contribution < -0.4 is 15.0 Å². The van der Waals surface area contributed by atoms with Crippen molar-refractivity contribution in [1.29, 1.82) is 0 Å². The highest BCUT2D eigenvalue weighted by molar-refractivity contribution is 5.97. The summed E-state index contributed by atoms with van der Waals surface area (Å²) in [5.41, 5.74) is 4.88. The third-order valence-electron chi connectivity index (χ3n) is 4.71. The largest absolute Gasteiger partial charge is 0.483 e. The lowest BCUT2D eigenvalue weighted by atomic mass is 10.00. The van der Waals surface area contributed by atoms with Gasteiger partial charge in [0.15, 0.2) is 6.61 Å². The smallest absolute Gasteiger partial charge is 0.262 e. The van der Waals surface area contributed by atoms with Crippen LogP contribution in [-0.2, 0) is 16.0 Å². The number of nitrogens with one attached hydrogen (secondary N) is 1. The number of amides is 2. The van der Waals surface area contributed by atoms with Crippen molar-refractivity contribution in [2.24, 2.45) is 0 Å². The van der Waals surface area contributed by atoms with E-state index in [1.54, 1.807) is 0 Å². The summed E-state index contributed by atoms with van der Waals surface area (Å²) in [4.78, 5) is 26.2. The van der Waals surface area contributed by atoms with E-state index < -0.39 is 0 Å². The Morgan fingerprint density at radius 1 is 1.15 bits per heavy atom. The lowest BCUT2D eigenvalue weighted by Crippen LogP contribution is -2.35. The fourth-order valence-electron chi connectivity index (χ4n) is 3.31. The molecule has 2 aromatic rings. The van der Waals surface area contributed by atoms with Gasteiger partial charge in [0.1, 0.15) is 5.75 Å². The summed E-state index contributed by atoms with van der Waals surface area (Å²) >= 11 is 0. The maximum atomic E-state index is 12.3. The van der Waals surface area contributed by atoms with Crippen molar-refractivity contribution in [3.8, 4) is 5.75 Å². The monoisotopic (exact) mass is 366 g/mol. The maximum absolute atomic E-state index is 12.3. The molecule has 0 aliphatic carbocycles. The molecule has 27 heavy (non-hydrogen) atoms. The highest BCUT2D eigenvalue weighted by Crippen LogP contribution is 2.30. The van der Waals surface area contributed by atoms with Gasteiger partial charge in [-0.3, -0.25) is 9.59 Å².